The molecule has 10 nitrogen and oxygen atoms in total. The highest BCUT2D eigenvalue weighted by Gasteiger charge is 2.33. The van der Waals surface area contributed by atoms with Crippen LogP contribution in [0.4, 0.5) is 22.7 Å². The molecular weight excluding hydrogens is 737 g/mol. The van der Waals surface area contributed by atoms with Gasteiger partial charge in [-0.05, 0) is 95.1 Å². The molecule has 10 heteroatoms. The lowest BCUT2D eigenvalue weighted by molar-refractivity contribution is -0.140. The molecule has 4 aromatic rings. The van der Waals surface area contributed by atoms with E-state index in [2.05, 4.69) is 0 Å². The van der Waals surface area contributed by atoms with Crippen molar-refractivity contribution >= 4 is 70.4 Å². The van der Waals surface area contributed by atoms with Crippen LogP contribution in [0.15, 0.2) is 119 Å². The number of hydrogen-bond acceptors (Lipinski definition) is 8. The minimum atomic E-state index is -0.409. The van der Waals surface area contributed by atoms with Gasteiger partial charge in [0.1, 0.15) is 6.42 Å². The van der Waals surface area contributed by atoms with E-state index in [1.165, 1.54) is 0 Å². The van der Waals surface area contributed by atoms with Crippen LogP contribution in [0, 0.1) is 0 Å². The van der Waals surface area contributed by atoms with Crippen LogP contribution in [-0.4, -0.2) is 116 Å². The molecule has 6 rings (SSSR count). The summed E-state index contributed by atoms with van der Waals surface area (Å²) in [7, 11) is 15.7. The smallest absolute Gasteiger partial charge is 0.232 e. The first-order chi connectivity index (χ1) is 28.1. The molecule has 2 fully saturated rings. The Morgan fingerprint density at radius 2 is 0.610 bits per heavy atom. The number of piperidine rings is 2. The molecule has 2 amide bonds. The molecular formula is C49H54N6O4. The van der Waals surface area contributed by atoms with Crippen molar-refractivity contribution in [2.45, 2.75) is 6.42 Å². The molecule has 0 aromatic heterocycles. The zero-order valence-electron chi connectivity index (χ0n) is 35.4. The SMILES string of the molecule is CN(C)c1ccc(/C=C2\CN(C(=O)CC(=O)N3C/C(=C\c4ccc(N(C)C)cc4)C(=O)/C(=C/c4ccc(N(C)C)cc4)C3)C/C(=C\c3ccc(N(C)C)cc3)C2=O)cc1. The summed E-state index contributed by atoms with van der Waals surface area (Å²) in [6, 6.07) is 31.5. The number of hydrogen-bond donors (Lipinski definition) is 0. The van der Waals surface area contributed by atoms with Crippen LogP contribution in [0.1, 0.15) is 28.7 Å². The summed E-state index contributed by atoms with van der Waals surface area (Å²) >= 11 is 0. The first-order valence-electron chi connectivity index (χ1n) is 19.7. The topological polar surface area (TPSA) is 87.7 Å². The lowest BCUT2D eigenvalue weighted by atomic mass is 9.93. The van der Waals surface area contributed by atoms with Crippen LogP contribution in [0.3, 0.4) is 0 Å². The summed E-state index contributed by atoms with van der Waals surface area (Å²) in [5.41, 5.74) is 9.31. The second-order valence-corrected chi connectivity index (χ2v) is 16.0. The van der Waals surface area contributed by atoms with Crippen molar-refractivity contribution in [1.29, 1.82) is 0 Å². The molecule has 0 spiro atoms. The number of nitrogens with zero attached hydrogens (tertiary/aromatic N) is 6. The highest BCUT2D eigenvalue weighted by Crippen LogP contribution is 2.27. The van der Waals surface area contributed by atoms with Crippen molar-refractivity contribution in [3.05, 3.63) is 142 Å². The maximum absolute atomic E-state index is 14.2. The van der Waals surface area contributed by atoms with E-state index in [1.807, 2.05) is 197 Å². The van der Waals surface area contributed by atoms with Gasteiger partial charge in [-0.3, -0.25) is 19.2 Å². The summed E-state index contributed by atoms with van der Waals surface area (Å²) in [6.07, 6.45) is 6.89. The maximum atomic E-state index is 14.2. The van der Waals surface area contributed by atoms with Crippen LogP contribution in [-0.2, 0) is 19.2 Å². The van der Waals surface area contributed by atoms with Crippen LogP contribution in [0.2, 0.25) is 0 Å². The number of anilines is 4. The number of rotatable bonds is 10. The first kappa shape index (κ1) is 41.9. The van der Waals surface area contributed by atoms with E-state index < -0.39 is 18.2 Å². The minimum Gasteiger partial charge on any atom is -0.378 e. The zero-order chi connectivity index (χ0) is 42.4. The van der Waals surface area contributed by atoms with Crippen LogP contribution in [0.25, 0.3) is 24.3 Å². The summed E-state index contributed by atoms with van der Waals surface area (Å²) in [6.45, 7) is 0.270. The van der Waals surface area contributed by atoms with Gasteiger partial charge < -0.3 is 29.4 Å². The van der Waals surface area contributed by atoms with E-state index >= 15 is 0 Å². The number of carbonyl (C=O) groups is 4. The largest absolute Gasteiger partial charge is 0.378 e. The fraction of sp³-hybridized carbons (Fsp3) is 0.265. The third kappa shape index (κ3) is 10.4. The summed E-state index contributed by atoms with van der Waals surface area (Å²) in [4.78, 5) is 67.6. The third-order valence-corrected chi connectivity index (χ3v) is 10.6. The summed E-state index contributed by atoms with van der Waals surface area (Å²) < 4.78 is 0. The Kier molecular flexibility index (Phi) is 13.0. The third-order valence-electron chi connectivity index (χ3n) is 10.6. The number of Topliss-reactive ketones (excluding diaryl/α,β-unsaturated/α-hetero) is 2. The molecule has 59 heavy (non-hydrogen) atoms. The quantitative estimate of drug-likeness (QED) is 0.128. The molecule has 0 bridgehead atoms. The van der Waals surface area contributed by atoms with Crippen LogP contribution >= 0.6 is 0 Å². The molecule has 2 aliphatic heterocycles. The Morgan fingerprint density at radius 1 is 0.407 bits per heavy atom. The molecule has 2 saturated heterocycles. The Balaban J connectivity index is 1.29. The molecule has 0 N–H and O–H groups in total. The normalized spacial score (nSPS) is 17.2. The van der Waals surface area contributed by atoms with Crippen molar-refractivity contribution in [1.82, 2.24) is 9.80 Å². The Labute approximate surface area is 348 Å². The monoisotopic (exact) mass is 790 g/mol. The van der Waals surface area contributed by atoms with Gasteiger partial charge in [0.25, 0.3) is 0 Å². The fourth-order valence-corrected chi connectivity index (χ4v) is 7.06. The molecule has 2 aliphatic rings. The molecule has 0 radical (unpaired) electrons. The van der Waals surface area contributed by atoms with Crippen molar-refractivity contribution in [3.63, 3.8) is 0 Å². The van der Waals surface area contributed by atoms with E-state index in [4.69, 9.17) is 0 Å². The van der Waals surface area contributed by atoms with Crippen molar-refractivity contribution in [2.24, 2.45) is 0 Å². The fourth-order valence-electron chi connectivity index (χ4n) is 7.06. The Bertz CT molecular complexity index is 2000. The van der Waals surface area contributed by atoms with E-state index in [-0.39, 0.29) is 37.7 Å². The van der Waals surface area contributed by atoms with Crippen LogP contribution < -0.4 is 19.6 Å². The van der Waals surface area contributed by atoms with Crippen molar-refractivity contribution in [3.8, 4) is 0 Å². The average Bonchev–Trinajstić information content (AvgIpc) is 3.21. The second kappa shape index (κ2) is 18.3. The van der Waals surface area contributed by atoms with Crippen LogP contribution in [0.5, 0.6) is 0 Å². The minimum absolute atomic E-state index is 0.0674. The summed E-state index contributed by atoms with van der Waals surface area (Å²) in [5, 5.41) is 0. The maximum Gasteiger partial charge on any atom is 0.232 e. The average molecular weight is 791 g/mol. The van der Waals surface area contributed by atoms with Gasteiger partial charge in [-0.1, -0.05) is 48.5 Å². The molecule has 4 aromatic carbocycles. The molecule has 0 atom stereocenters. The lowest BCUT2D eigenvalue weighted by Crippen LogP contribution is -2.46. The van der Waals surface area contributed by atoms with Gasteiger partial charge >= 0.3 is 0 Å². The molecule has 2 heterocycles. The van der Waals surface area contributed by atoms with Crippen molar-refractivity contribution < 1.29 is 19.2 Å². The van der Waals surface area contributed by atoms with Gasteiger partial charge in [-0.15, -0.1) is 0 Å². The molecule has 0 saturated carbocycles. The Morgan fingerprint density at radius 3 is 0.797 bits per heavy atom. The Hall–Kier alpha value is -6.68. The number of ketones is 2. The van der Waals surface area contributed by atoms with E-state index in [0.29, 0.717) is 22.3 Å². The van der Waals surface area contributed by atoms with Gasteiger partial charge in [0.15, 0.2) is 11.6 Å². The van der Waals surface area contributed by atoms with Gasteiger partial charge in [0, 0.05) is 128 Å². The van der Waals surface area contributed by atoms with Gasteiger partial charge in [-0.25, -0.2) is 0 Å². The second-order valence-electron chi connectivity index (χ2n) is 16.0. The number of amides is 2. The highest BCUT2D eigenvalue weighted by molar-refractivity contribution is 6.17. The lowest BCUT2D eigenvalue weighted by Gasteiger charge is -2.32. The van der Waals surface area contributed by atoms with Gasteiger partial charge in [0.05, 0.1) is 0 Å². The van der Waals surface area contributed by atoms with E-state index in [9.17, 15) is 19.2 Å². The predicted molar refractivity (Wildman–Crippen MR) is 243 cm³/mol. The molecule has 0 aliphatic carbocycles. The molecule has 0 unspecified atom stereocenters. The summed E-state index contributed by atoms with van der Waals surface area (Å²) in [5.74, 6) is -1.05. The first-order valence-corrected chi connectivity index (χ1v) is 19.7. The number of likely N-dealkylation sites (tertiary alicyclic amines) is 2. The van der Waals surface area contributed by atoms with Crippen molar-refractivity contribution in [2.75, 3.05) is 102 Å². The highest BCUT2D eigenvalue weighted by atomic mass is 16.2. The standard InChI is InChI=1S/C49H54N6O4/c1-50(2)42-17-9-34(10-18-42)25-38-30-54(31-39(48(38)58)26-35-11-19-43(20-12-35)51(3)4)46(56)29-47(57)55-32-40(27-36-13-21-44(22-14-36)52(5)6)49(59)41(33-55)28-37-15-23-45(24-16-37)53(7)8/h9-28H,29-33H2,1-8H3/b38-25+,39-26+,40-27+,41-28+. The number of benzene rings is 4. The van der Waals surface area contributed by atoms with E-state index in [0.717, 1.165) is 45.0 Å². The zero-order valence-corrected chi connectivity index (χ0v) is 35.4. The van der Waals surface area contributed by atoms with E-state index in [1.54, 1.807) is 9.80 Å². The molecule has 304 valence electrons. The van der Waals surface area contributed by atoms with Gasteiger partial charge in [0.2, 0.25) is 11.8 Å². The number of carbonyl (C=O) groups excluding carboxylic acids is 4. The predicted octanol–water partition coefficient (Wildman–Crippen LogP) is 6.80. The van der Waals surface area contributed by atoms with Gasteiger partial charge in [-0.2, -0.15) is 0 Å².